The van der Waals surface area contributed by atoms with Gasteiger partial charge in [0.25, 0.3) is 5.91 Å². The number of benzene rings is 2. The molecule has 1 aliphatic carbocycles. The van der Waals surface area contributed by atoms with E-state index in [4.69, 9.17) is 11.6 Å². The largest absolute Gasteiger partial charge is 0.355 e. The Balaban J connectivity index is 1.35. The van der Waals surface area contributed by atoms with Gasteiger partial charge in [0.05, 0.1) is 0 Å². The van der Waals surface area contributed by atoms with Crippen LogP contribution in [0.15, 0.2) is 54.6 Å². The van der Waals surface area contributed by atoms with Gasteiger partial charge in [0, 0.05) is 35.5 Å². The summed E-state index contributed by atoms with van der Waals surface area (Å²) in [6.45, 7) is 1.16. The highest BCUT2D eigenvalue weighted by Gasteiger charge is 2.44. The van der Waals surface area contributed by atoms with E-state index in [1.807, 2.05) is 18.2 Å². The number of nitrogens with one attached hydrogen (secondary N) is 2. The van der Waals surface area contributed by atoms with Crippen LogP contribution in [0.3, 0.4) is 0 Å². The summed E-state index contributed by atoms with van der Waals surface area (Å²) in [7, 11) is 0. The second-order valence-electron chi connectivity index (χ2n) is 6.79. The molecule has 0 unspecified atom stereocenters. The topological polar surface area (TPSA) is 58.2 Å². The fourth-order valence-electron chi connectivity index (χ4n) is 3.02. The van der Waals surface area contributed by atoms with Crippen LogP contribution in [0.5, 0.6) is 0 Å². The molecule has 2 amide bonds. The van der Waals surface area contributed by atoms with Gasteiger partial charge in [-0.25, -0.2) is 0 Å². The summed E-state index contributed by atoms with van der Waals surface area (Å²) in [6, 6.07) is 17.1. The smallest absolute Gasteiger partial charge is 0.251 e. The van der Waals surface area contributed by atoms with E-state index in [9.17, 15) is 9.59 Å². The van der Waals surface area contributed by atoms with Crippen LogP contribution in [0.2, 0.25) is 5.02 Å². The molecule has 0 saturated heterocycles. The third-order valence-corrected chi connectivity index (χ3v) is 5.09. The molecule has 2 aromatic rings. The Morgan fingerprint density at radius 3 is 2.31 bits per heavy atom. The molecule has 136 valence electrons. The summed E-state index contributed by atoms with van der Waals surface area (Å²) in [5.41, 5.74) is 1.99. The van der Waals surface area contributed by atoms with E-state index in [0.29, 0.717) is 36.5 Å². The van der Waals surface area contributed by atoms with E-state index < -0.39 is 0 Å². The van der Waals surface area contributed by atoms with E-state index in [2.05, 4.69) is 22.8 Å². The van der Waals surface area contributed by atoms with Crippen LogP contribution in [0.1, 0.15) is 41.6 Å². The van der Waals surface area contributed by atoms with Gasteiger partial charge in [-0.1, -0.05) is 41.9 Å². The Bertz CT molecular complexity index is 755. The molecule has 0 spiro atoms. The number of carbonyl (C=O) groups excluding carboxylic acids is 2. The monoisotopic (exact) mass is 370 g/mol. The van der Waals surface area contributed by atoms with Gasteiger partial charge in [0.1, 0.15) is 0 Å². The Morgan fingerprint density at radius 2 is 1.65 bits per heavy atom. The third kappa shape index (κ3) is 4.85. The van der Waals surface area contributed by atoms with E-state index in [1.54, 1.807) is 24.3 Å². The number of hydrogen-bond donors (Lipinski definition) is 2. The predicted molar refractivity (Wildman–Crippen MR) is 103 cm³/mol. The van der Waals surface area contributed by atoms with Gasteiger partial charge < -0.3 is 10.6 Å². The molecular formula is C21H23ClN2O2. The van der Waals surface area contributed by atoms with Crippen molar-refractivity contribution in [2.75, 3.05) is 13.1 Å². The van der Waals surface area contributed by atoms with E-state index in [-0.39, 0.29) is 17.2 Å². The van der Waals surface area contributed by atoms with Crippen LogP contribution in [-0.2, 0) is 10.2 Å². The highest BCUT2D eigenvalue weighted by molar-refractivity contribution is 6.30. The lowest BCUT2D eigenvalue weighted by atomic mass is 9.96. The molecule has 0 aromatic heterocycles. The van der Waals surface area contributed by atoms with Crippen molar-refractivity contribution in [2.24, 2.45) is 0 Å². The summed E-state index contributed by atoms with van der Waals surface area (Å²) in [5, 5.41) is 6.47. The van der Waals surface area contributed by atoms with Gasteiger partial charge in [0.2, 0.25) is 5.91 Å². The van der Waals surface area contributed by atoms with Gasteiger partial charge in [0.15, 0.2) is 0 Å². The first-order chi connectivity index (χ1) is 12.6. The minimum absolute atomic E-state index is 0.0351. The molecule has 5 heteroatoms. The van der Waals surface area contributed by atoms with Crippen molar-refractivity contribution >= 4 is 23.4 Å². The highest BCUT2D eigenvalue weighted by atomic mass is 35.5. The third-order valence-electron chi connectivity index (χ3n) is 4.84. The fraction of sp³-hybridized carbons (Fsp3) is 0.333. The molecule has 0 radical (unpaired) electrons. The zero-order valence-electron chi connectivity index (χ0n) is 14.6. The molecule has 0 atom stereocenters. The lowest BCUT2D eigenvalue weighted by Gasteiger charge is -2.16. The van der Waals surface area contributed by atoms with Crippen molar-refractivity contribution in [1.82, 2.24) is 10.6 Å². The molecule has 2 aromatic carbocycles. The minimum Gasteiger partial charge on any atom is -0.355 e. The van der Waals surface area contributed by atoms with Crippen LogP contribution in [0.4, 0.5) is 0 Å². The summed E-state index contributed by atoms with van der Waals surface area (Å²) in [5.74, 6) is -0.115. The fourth-order valence-corrected chi connectivity index (χ4v) is 3.15. The maximum Gasteiger partial charge on any atom is 0.251 e. The van der Waals surface area contributed by atoms with Crippen molar-refractivity contribution < 1.29 is 9.59 Å². The first kappa shape index (κ1) is 18.5. The molecule has 2 N–H and O–H groups in total. The minimum atomic E-state index is -0.150. The van der Waals surface area contributed by atoms with Crippen molar-refractivity contribution in [2.45, 2.75) is 31.1 Å². The molecule has 0 aliphatic heterocycles. The first-order valence-electron chi connectivity index (χ1n) is 8.95. The molecule has 1 fully saturated rings. The molecule has 0 heterocycles. The summed E-state index contributed by atoms with van der Waals surface area (Å²) in [4.78, 5) is 24.0. The standard InChI is InChI=1S/C21H23ClN2O2/c22-18-10-8-16(9-11-18)20(26)23-14-4-7-19(25)24-15-21(12-13-21)17-5-2-1-3-6-17/h1-3,5-6,8-11H,4,7,12-15H2,(H,23,26)(H,24,25). The van der Waals surface area contributed by atoms with Crippen LogP contribution in [-0.4, -0.2) is 24.9 Å². The second-order valence-corrected chi connectivity index (χ2v) is 7.23. The summed E-state index contributed by atoms with van der Waals surface area (Å²) in [6.07, 6.45) is 3.26. The number of hydrogen-bond acceptors (Lipinski definition) is 2. The Labute approximate surface area is 158 Å². The van der Waals surface area contributed by atoms with Gasteiger partial charge in [-0.15, -0.1) is 0 Å². The maximum absolute atomic E-state index is 12.1. The van der Waals surface area contributed by atoms with Gasteiger partial charge >= 0.3 is 0 Å². The maximum atomic E-state index is 12.1. The molecule has 1 aliphatic rings. The average molecular weight is 371 g/mol. The normalized spacial score (nSPS) is 14.5. The quantitative estimate of drug-likeness (QED) is 0.696. The molecule has 1 saturated carbocycles. The van der Waals surface area contributed by atoms with Crippen molar-refractivity contribution in [3.05, 3.63) is 70.7 Å². The van der Waals surface area contributed by atoms with Gasteiger partial charge in [-0.2, -0.15) is 0 Å². The number of rotatable bonds is 8. The lowest BCUT2D eigenvalue weighted by molar-refractivity contribution is -0.121. The zero-order valence-corrected chi connectivity index (χ0v) is 15.4. The SMILES string of the molecule is O=C(CCCNC(=O)c1ccc(Cl)cc1)NCC1(c2ccccc2)CC1. The highest BCUT2D eigenvalue weighted by Crippen LogP contribution is 2.47. The van der Waals surface area contributed by atoms with Crippen LogP contribution < -0.4 is 10.6 Å². The summed E-state index contributed by atoms with van der Waals surface area (Å²) < 4.78 is 0. The van der Waals surface area contributed by atoms with Crippen molar-refractivity contribution in [1.29, 1.82) is 0 Å². The van der Waals surface area contributed by atoms with E-state index in [1.165, 1.54) is 5.56 Å². The van der Waals surface area contributed by atoms with E-state index >= 15 is 0 Å². The molecule has 3 rings (SSSR count). The first-order valence-corrected chi connectivity index (χ1v) is 9.33. The lowest BCUT2D eigenvalue weighted by Crippen LogP contribution is -2.33. The molecule has 0 bridgehead atoms. The molecule has 26 heavy (non-hydrogen) atoms. The number of halogens is 1. The second kappa shape index (κ2) is 8.37. The van der Waals surface area contributed by atoms with Crippen LogP contribution in [0.25, 0.3) is 0 Å². The Hall–Kier alpha value is -2.33. The Kier molecular flexibility index (Phi) is 5.94. The van der Waals surface area contributed by atoms with E-state index in [0.717, 1.165) is 12.8 Å². The van der Waals surface area contributed by atoms with Gasteiger partial charge in [-0.3, -0.25) is 9.59 Å². The molecule has 4 nitrogen and oxygen atoms in total. The summed E-state index contributed by atoms with van der Waals surface area (Å²) >= 11 is 5.81. The zero-order chi connectivity index (χ0) is 18.4. The average Bonchev–Trinajstić information content (AvgIpc) is 3.46. The predicted octanol–water partition coefficient (Wildman–Crippen LogP) is 3.70. The Morgan fingerprint density at radius 1 is 0.962 bits per heavy atom. The van der Waals surface area contributed by atoms with Crippen LogP contribution in [0, 0.1) is 0 Å². The van der Waals surface area contributed by atoms with Crippen molar-refractivity contribution in [3.8, 4) is 0 Å². The van der Waals surface area contributed by atoms with Crippen LogP contribution >= 0.6 is 11.6 Å². The number of amides is 2. The number of carbonyl (C=O) groups is 2. The molecular weight excluding hydrogens is 348 g/mol. The van der Waals surface area contributed by atoms with Crippen molar-refractivity contribution in [3.63, 3.8) is 0 Å². The van der Waals surface area contributed by atoms with Gasteiger partial charge in [-0.05, 0) is 49.1 Å².